The number of ether oxygens (including phenoxy) is 1. The maximum absolute atomic E-state index is 5.61. The minimum atomic E-state index is 0.611. The highest BCUT2D eigenvalue weighted by atomic mass is 16.5. The zero-order valence-corrected chi connectivity index (χ0v) is 9.44. The molecular weight excluding hydrogens is 190 g/mol. The summed E-state index contributed by atoms with van der Waals surface area (Å²) in [6.07, 6.45) is 2.76. The number of nitrogens with two attached hydrogens (primary N) is 1. The van der Waals surface area contributed by atoms with E-state index in [1.807, 2.05) is 24.1 Å². The second-order valence-electron chi connectivity index (χ2n) is 3.38. The minimum Gasteiger partial charge on any atom is -0.490 e. The molecule has 0 aliphatic carbocycles. The quantitative estimate of drug-likeness (QED) is 0.766. The molecule has 0 atom stereocenters. The van der Waals surface area contributed by atoms with Gasteiger partial charge in [0.05, 0.1) is 6.61 Å². The third kappa shape index (κ3) is 3.40. The average Bonchev–Trinajstić information content (AvgIpc) is 2.27. The first kappa shape index (κ1) is 11.8. The van der Waals surface area contributed by atoms with Crippen LogP contribution in [0.5, 0.6) is 5.75 Å². The molecule has 1 aromatic rings. The number of likely N-dealkylation sites (N-methyl/N-ethyl adjacent to an activating group) is 1. The van der Waals surface area contributed by atoms with Crippen LogP contribution in [0.1, 0.15) is 13.3 Å². The Labute approximate surface area is 91.1 Å². The lowest BCUT2D eigenvalue weighted by molar-refractivity contribution is 0.317. The Morgan fingerprint density at radius 2 is 2.33 bits per heavy atom. The van der Waals surface area contributed by atoms with Crippen LogP contribution in [0.4, 0.5) is 5.82 Å². The first-order chi connectivity index (χ1) is 7.29. The van der Waals surface area contributed by atoms with Crippen LogP contribution in [-0.2, 0) is 0 Å². The van der Waals surface area contributed by atoms with Crippen molar-refractivity contribution in [3.05, 3.63) is 18.3 Å². The van der Waals surface area contributed by atoms with E-state index in [-0.39, 0.29) is 0 Å². The van der Waals surface area contributed by atoms with E-state index in [2.05, 4.69) is 11.9 Å². The fourth-order valence-corrected chi connectivity index (χ4v) is 1.29. The predicted molar refractivity (Wildman–Crippen MR) is 62.3 cm³/mol. The molecule has 15 heavy (non-hydrogen) atoms. The monoisotopic (exact) mass is 209 g/mol. The fraction of sp³-hybridized carbons (Fsp3) is 0.545. The molecule has 4 heteroatoms. The van der Waals surface area contributed by atoms with Gasteiger partial charge in [0.1, 0.15) is 0 Å². The van der Waals surface area contributed by atoms with Crippen LogP contribution in [0.3, 0.4) is 0 Å². The van der Waals surface area contributed by atoms with Crippen LogP contribution in [0.25, 0.3) is 0 Å². The fourth-order valence-electron chi connectivity index (χ4n) is 1.29. The van der Waals surface area contributed by atoms with E-state index >= 15 is 0 Å². The molecule has 2 N–H and O–H groups in total. The maximum Gasteiger partial charge on any atom is 0.171 e. The van der Waals surface area contributed by atoms with E-state index < -0.39 is 0 Å². The Morgan fingerprint density at radius 3 is 3.00 bits per heavy atom. The molecule has 0 saturated carbocycles. The summed E-state index contributed by atoms with van der Waals surface area (Å²) in [5.41, 5.74) is 5.51. The number of pyridine rings is 1. The second-order valence-corrected chi connectivity index (χ2v) is 3.38. The van der Waals surface area contributed by atoms with E-state index in [0.29, 0.717) is 6.54 Å². The highest BCUT2D eigenvalue weighted by Gasteiger charge is 2.08. The SMILES string of the molecule is CCCOc1cccnc1N(C)CCN. The molecule has 0 aliphatic rings. The van der Waals surface area contributed by atoms with Crippen molar-refractivity contribution < 1.29 is 4.74 Å². The number of nitrogens with zero attached hydrogens (tertiary/aromatic N) is 2. The molecule has 0 fully saturated rings. The van der Waals surface area contributed by atoms with Crippen LogP contribution in [0.2, 0.25) is 0 Å². The first-order valence-corrected chi connectivity index (χ1v) is 5.28. The van der Waals surface area contributed by atoms with Crippen molar-refractivity contribution in [1.29, 1.82) is 0 Å². The summed E-state index contributed by atoms with van der Waals surface area (Å²) >= 11 is 0. The van der Waals surface area contributed by atoms with E-state index in [1.54, 1.807) is 6.20 Å². The zero-order valence-electron chi connectivity index (χ0n) is 9.44. The van der Waals surface area contributed by atoms with Crippen molar-refractivity contribution in [3.63, 3.8) is 0 Å². The summed E-state index contributed by atoms with van der Waals surface area (Å²) in [5.74, 6) is 1.69. The summed E-state index contributed by atoms with van der Waals surface area (Å²) in [7, 11) is 1.97. The lowest BCUT2D eigenvalue weighted by Gasteiger charge is -2.19. The van der Waals surface area contributed by atoms with Crippen molar-refractivity contribution in [3.8, 4) is 5.75 Å². The third-order valence-electron chi connectivity index (χ3n) is 2.04. The summed E-state index contributed by atoms with van der Waals surface area (Å²) in [5, 5.41) is 0. The summed E-state index contributed by atoms with van der Waals surface area (Å²) in [6.45, 7) is 4.19. The Morgan fingerprint density at radius 1 is 1.53 bits per heavy atom. The molecular formula is C11H19N3O. The van der Waals surface area contributed by atoms with Crippen molar-refractivity contribution in [2.24, 2.45) is 5.73 Å². The number of aromatic nitrogens is 1. The topological polar surface area (TPSA) is 51.4 Å². The van der Waals surface area contributed by atoms with Crippen LogP contribution in [0.15, 0.2) is 18.3 Å². The largest absolute Gasteiger partial charge is 0.490 e. The lowest BCUT2D eigenvalue weighted by atomic mass is 10.4. The lowest BCUT2D eigenvalue weighted by Crippen LogP contribution is -2.26. The van der Waals surface area contributed by atoms with Gasteiger partial charge >= 0.3 is 0 Å². The average molecular weight is 209 g/mol. The molecule has 0 aliphatic heterocycles. The molecule has 1 aromatic heterocycles. The van der Waals surface area contributed by atoms with Crippen LogP contribution < -0.4 is 15.4 Å². The van der Waals surface area contributed by atoms with Gasteiger partial charge in [0.25, 0.3) is 0 Å². The number of anilines is 1. The Balaban J connectivity index is 2.75. The van der Waals surface area contributed by atoms with Crippen molar-refractivity contribution in [1.82, 2.24) is 4.98 Å². The Bertz CT molecular complexity index is 291. The van der Waals surface area contributed by atoms with Gasteiger partial charge in [0.2, 0.25) is 0 Å². The van der Waals surface area contributed by atoms with E-state index in [1.165, 1.54) is 0 Å². The standard InChI is InChI=1S/C11H19N3O/c1-3-9-15-10-5-4-7-13-11(10)14(2)8-6-12/h4-5,7H,3,6,8-9,12H2,1-2H3. The third-order valence-corrected chi connectivity index (χ3v) is 2.04. The second kappa shape index (κ2) is 6.24. The molecule has 0 spiro atoms. The molecule has 0 bridgehead atoms. The molecule has 0 amide bonds. The summed E-state index contributed by atoms with van der Waals surface area (Å²) in [4.78, 5) is 6.30. The van der Waals surface area contributed by atoms with Crippen LogP contribution >= 0.6 is 0 Å². The molecule has 0 unspecified atom stereocenters. The highest BCUT2D eigenvalue weighted by molar-refractivity contribution is 5.51. The maximum atomic E-state index is 5.61. The van der Waals surface area contributed by atoms with Crippen molar-refractivity contribution >= 4 is 5.82 Å². The van der Waals surface area contributed by atoms with Crippen molar-refractivity contribution in [2.45, 2.75) is 13.3 Å². The van der Waals surface area contributed by atoms with Gasteiger partial charge in [-0.25, -0.2) is 4.98 Å². The van der Waals surface area contributed by atoms with E-state index in [4.69, 9.17) is 10.5 Å². The van der Waals surface area contributed by atoms with Gasteiger partial charge < -0.3 is 15.4 Å². The van der Waals surface area contributed by atoms with Gasteiger partial charge in [0, 0.05) is 26.3 Å². The van der Waals surface area contributed by atoms with E-state index in [0.717, 1.165) is 31.1 Å². The summed E-state index contributed by atoms with van der Waals surface area (Å²) < 4.78 is 5.61. The molecule has 1 rings (SSSR count). The van der Waals surface area contributed by atoms with Gasteiger partial charge in [-0.2, -0.15) is 0 Å². The summed E-state index contributed by atoms with van der Waals surface area (Å²) in [6, 6.07) is 3.82. The smallest absolute Gasteiger partial charge is 0.171 e. The molecule has 0 radical (unpaired) electrons. The van der Waals surface area contributed by atoms with Gasteiger partial charge in [-0.3, -0.25) is 0 Å². The van der Waals surface area contributed by atoms with Gasteiger partial charge in [-0.1, -0.05) is 6.92 Å². The molecule has 4 nitrogen and oxygen atoms in total. The molecule has 1 heterocycles. The number of hydrogen-bond donors (Lipinski definition) is 1. The Kier molecular flexibility index (Phi) is 4.90. The zero-order chi connectivity index (χ0) is 11.1. The van der Waals surface area contributed by atoms with Gasteiger partial charge in [0.15, 0.2) is 11.6 Å². The van der Waals surface area contributed by atoms with Crippen molar-refractivity contribution in [2.75, 3.05) is 31.6 Å². The van der Waals surface area contributed by atoms with E-state index in [9.17, 15) is 0 Å². The molecule has 84 valence electrons. The van der Waals surface area contributed by atoms with Gasteiger partial charge in [-0.15, -0.1) is 0 Å². The molecule has 0 aromatic carbocycles. The van der Waals surface area contributed by atoms with Gasteiger partial charge in [-0.05, 0) is 18.6 Å². The van der Waals surface area contributed by atoms with Crippen LogP contribution in [-0.4, -0.2) is 31.7 Å². The highest BCUT2D eigenvalue weighted by Crippen LogP contribution is 2.23. The first-order valence-electron chi connectivity index (χ1n) is 5.28. The van der Waals surface area contributed by atoms with Crippen LogP contribution in [0, 0.1) is 0 Å². The normalized spacial score (nSPS) is 10.1. The molecule has 0 saturated heterocycles. The predicted octanol–water partition coefficient (Wildman–Crippen LogP) is 1.27. The minimum absolute atomic E-state index is 0.611. The number of rotatable bonds is 6. The Hall–Kier alpha value is -1.29. The number of hydrogen-bond acceptors (Lipinski definition) is 4.